The van der Waals surface area contributed by atoms with Crippen molar-refractivity contribution in [3.05, 3.63) is 94.9 Å². The first-order chi connectivity index (χ1) is 14.1. The monoisotopic (exact) mass is 385 g/mol. The summed E-state index contributed by atoms with van der Waals surface area (Å²) < 4.78 is 5.41. The Morgan fingerprint density at radius 2 is 1.55 bits per heavy atom. The van der Waals surface area contributed by atoms with Crippen LogP contribution in [-0.4, -0.2) is 22.0 Å². The van der Waals surface area contributed by atoms with Gasteiger partial charge in [0.1, 0.15) is 5.75 Å². The Bertz CT molecular complexity index is 1080. The molecule has 0 fully saturated rings. The second-order valence-electron chi connectivity index (χ2n) is 7.63. The first-order valence-corrected chi connectivity index (χ1v) is 9.94. The van der Waals surface area contributed by atoms with Gasteiger partial charge in [-0.2, -0.15) is 0 Å². The molecule has 148 valence electrons. The van der Waals surface area contributed by atoms with Gasteiger partial charge in [-0.05, 0) is 60.9 Å². The third-order valence-electron chi connectivity index (χ3n) is 5.43. The van der Waals surface area contributed by atoms with E-state index in [4.69, 9.17) is 4.74 Å². The van der Waals surface area contributed by atoms with Gasteiger partial charge in [-0.25, -0.2) is 0 Å². The van der Waals surface area contributed by atoms with E-state index >= 15 is 0 Å². The predicted molar refractivity (Wildman–Crippen MR) is 118 cm³/mol. The number of methoxy groups -OCH3 is 1. The van der Waals surface area contributed by atoms with Crippen molar-refractivity contribution in [1.29, 1.82) is 0 Å². The lowest BCUT2D eigenvalue weighted by Crippen LogP contribution is -2.23. The molecule has 2 aromatic heterocycles. The number of H-pyrrole nitrogens is 1. The first-order valence-electron chi connectivity index (χ1n) is 9.94. The Balaban J connectivity index is 1.62. The second kappa shape index (κ2) is 8.50. The van der Waals surface area contributed by atoms with E-state index in [2.05, 4.69) is 77.2 Å². The van der Waals surface area contributed by atoms with Crippen molar-refractivity contribution in [1.82, 2.24) is 14.9 Å². The zero-order chi connectivity index (χ0) is 20.2. The van der Waals surface area contributed by atoms with Crippen LogP contribution in [0, 0.1) is 13.8 Å². The average molecular weight is 386 g/mol. The number of nitrogens with one attached hydrogen (secondary N) is 1. The molecular weight excluding hydrogens is 358 g/mol. The molecule has 4 nitrogen and oxygen atoms in total. The SMILES string of the molecule is COc1ccc2[nH]c(CN(Cc3ccncc3)Cc3ccc(C)cc3)c(C)c2c1. The molecule has 2 aromatic carbocycles. The Hall–Kier alpha value is -3.11. The number of hydrogen-bond donors (Lipinski definition) is 1. The van der Waals surface area contributed by atoms with Gasteiger partial charge in [0, 0.05) is 48.6 Å². The zero-order valence-corrected chi connectivity index (χ0v) is 17.3. The number of aryl methyl sites for hydroxylation is 2. The van der Waals surface area contributed by atoms with E-state index in [9.17, 15) is 0 Å². The smallest absolute Gasteiger partial charge is 0.119 e. The van der Waals surface area contributed by atoms with Crippen LogP contribution in [-0.2, 0) is 19.6 Å². The topological polar surface area (TPSA) is 41.1 Å². The molecule has 0 radical (unpaired) electrons. The molecule has 2 heterocycles. The summed E-state index contributed by atoms with van der Waals surface area (Å²) in [5.74, 6) is 0.888. The molecule has 0 unspecified atom stereocenters. The van der Waals surface area contributed by atoms with Crippen molar-refractivity contribution in [2.24, 2.45) is 0 Å². The highest BCUT2D eigenvalue weighted by atomic mass is 16.5. The number of ether oxygens (including phenoxy) is 1. The maximum absolute atomic E-state index is 5.41. The number of fused-ring (bicyclic) bond motifs is 1. The van der Waals surface area contributed by atoms with E-state index in [-0.39, 0.29) is 0 Å². The number of pyridine rings is 1. The predicted octanol–water partition coefficient (Wildman–Crippen LogP) is 5.39. The summed E-state index contributed by atoms with van der Waals surface area (Å²) in [5.41, 5.74) is 7.55. The number of aromatic nitrogens is 2. The average Bonchev–Trinajstić information content (AvgIpc) is 3.05. The largest absolute Gasteiger partial charge is 0.497 e. The summed E-state index contributed by atoms with van der Waals surface area (Å²) in [4.78, 5) is 10.2. The van der Waals surface area contributed by atoms with E-state index < -0.39 is 0 Å². The standard InChI is InChI=1S/C25H27N3O/c1-18-4-6-20(7-5-18)15-28(16-21-10-12-26-13-11-21)17-25-19(2)23-14-22(29-3)8-9-24(23)27-25/h4-14,27H,15-17H2,1-3H3. The molecule has 0 aliphatic carbocycles. The van der Waals surface area contributed by atoms with Crippen LogP contribution < -0.4 is 4.74 Å². The van der Waals surface area contributed by atoms with E-state index in [0.717, 1.165) is 30.9 Å². The fraction of sp³-hybridized carbons (Fsp3) is 0.240. The van der Waals surface area contributed by atoms with Crippen LogP contribution in [0.1, 0.15) is 27.9 Å². The molecule has 1 N–H and O–H groups in total. The lowest BCUT2D eigenvalue weighted by Gasteiger charge is -2.22. The number of hydrogen-bond acceptors (Lipinski definition) is 3. The van der Waals surface area contributed by atoms with E-state index in [1.165, 1.54) is 33.3 Å². The van der Waals surface area contributed by atoms with Crippen molar-refractivity contribution >= 4 is 10.9 Å². The summed E-state index contributed by atoms with van der Waals surface area (Å²) in [6.45, 7) is 6.92. The molecule has 0 aliphatic heterocycles. The molecular formula is C25H27N3O. The molecule has 0 atom stereocenters. The quantitative estimate of drug-likeness (QED) is 0.464. The molecule has 0 bridgehead atoms. The molecule has 0 spiro atoms. The van der Waals surface area contributed by atoms with Crippen molar-refractivity contribution in [2.45, 2.75) is 33.5 Å². The van der Waals surface area contributed by atoms with Gasteiger partial charge < -0.3 is 9.72 Å². The van der Waals surface area contributed by atoms with Gasteiger partial charge in [0.05, 0.1) is 7.11 Å². The Morgan fingerprint density at radius 3 is 2.24 bits per heavy atom. The molecule has 4 heteroatoms. The second-order valence-corrected chi connectivity index (χ2v) is 7.63. The van der Waals surface area contributed by atoms with Gasteiger partial charge in [0.2, 0.25) is 0 Å². The van der Waals surface area contributed by atoms with Gasteiger partial charge in [-0.1, -0.05) is 29.8 Å². The molecule has 0 aliphatic rings. The lowest BCUT2D eigenvalue weighted by molar-refractivity contribution is 0.244. The molecule has 29 heavy (non-hydrogen) atoms. The van der Waals surface area contributed by atoms with Gasteiger partial charge in [0.25, 0.3) is 0 Å². The van der Waals surface area contributed by atoms with Crippen LogP contribution >= 0.6 is 0 Å². The van der Waals surface area contributed by atoms with E-state index in [1.807, 2.05) is 18.5 Å². The normalized spacial score (nSPS) is 11.3. The summed E-state index contributed by atoms with van der Waals surface area (Å²) in [6, 6.07) is 19.2. The molecule has 4 aromatic rings. The van der Waals surface area contributed by atoms with Crippen LogP contribution in [0.15, 0.2) is 67.0 Å². The van der Waals surface area contributed by atoms with Crippen LogP contribution in [0.2, 0.25) is 0 Å². The highest BCUT2D eigenvalue weighted by molar-refractivity contribution is 5.85. The van der Waals surface area contributed by atoms with E-state index in [1.54, 1.807) is 7.11 Å². The molecule has 4 rings (SSSR count). The van der Waals surface area contributed by atoms with Crippen LogP contribution in [0.5, 0.6) is 5.75 Å². The number of rotatable bonds is 7. The summed E-state index contributed by atoms with van der Waals surface area (Å²) in [5, 5.41) is 1.22. The summed E-state index contributed by atoms with van der Waals surface area (Å²) in [6.07, 6.45) is 3.72. The minimum Gasteiger partial charge on any atom is -0.497 e. The van der Waals surface area contributed by atoms with Crippen LogP contribution in [0.3, 0.4) is 0 Å². The first kappa shape index (κ1) is 19.2. The maximum Gasteiger partial charge on any atom is 0.119 e. The van der Waals surface area contributed by atoms with Crippen molar-refractivity contribution < 1.29 is 4.74 Å². The third kappa shape index (κ3) is 4.49. The Morgan fingerprint density at radius 1 is 0.862 bits per heavy atom. The van der Waals surface area contributed by atoms with E-state index in [0.29, 0.717) is 0 Å². The van der Waals surface area contributed by atoms with Crippen LogP contribution in [0.4, 0.5) is 0 Å². The highest BCUT2D eigenvalue weighted by Crippen LogP contribution is 2.27. The molecule has 0 saturated carbocycles. The maximum atomic E-state index is 5.41. The summed E-state index contributed by atoms with van der Waals surface area (Å²) >= 11 is 0. The minimum atomic E-state index is 0.846. The number of aromatic amines is 1. The molecule has 0 saturated heterocycles. The van der Waals surface area contributed by atoms with Gasteiger partial charge in [-0.15, -0.1) is 0 Å². The fourth-order valence-electron chi connectivity index (χ4n) is 3.74. The van der Waals surface area contributed by atoms with Crippen molar-refractivity contribution in [3.8, 4) is 5.75 Å². The summed E-state index contributed by atoms with van der Waals surface area (Å²) in [7, 11) is 1.71. The Kier molecular flexibility index (Phi) is 5.63. The minimum absolute atomic E-state index is 0.846. The van der Waals surface area contributed by atoms with Crippen molar-refractivity contribution in [2.75, 3.05) is 7.11 Å². The van der Waals surface area contributed by atoms with Crippen LogP contribution in [0.25, 0.3) is 10.9 Å². The zero-order valence-electron chi connectivity index (χ0n) is 17.3. The number of benzene rings is 2. The molecule has 0 amide bonds. The van der Waals surface area contributed by atoms with Gasteiger partial charge >= 0.3 is 0 Å². The Labute approximate surface area is 172 Å². The fourth-order valence-corrected chi connectivity index (χ4v) is 3.74. The highest BCUT2D eigenvalue weighted by Gasteiger charge is 2.14. The van der Waals surface area contributed by atoms with Crippen molar-refractivity contribution in [3.63, 3.8) is 0 Å². The third-order valence-corrected chi connectivity index (χ3v) is 5.43. The van der Waals surface area contributed by atoms with Gasteiger partial charge in [-0.3, -0.25) is 9.88 Å². The van der Waals surface area contributed by atoms with Gasteiger partial charge in [0.15, 0.2) is 0 Å². The lowest BCUT2D eigenvalue weighted by atomic mass is 10.1. The number of nitrogens with zero attached hydrogens (tertiary/aromatic N) is 2.